The third-order valence-corrected chi connectivity index (χ3v) is 9.77. The van der Waals surface area contributed by atoms with E-state index < -0.39 is 12.1 Å². The standard InChI is InChI=1S/C36H53N9O3/c37-32(38)28-15-13-24(14-16-28)22-29(26-8-3-1-4-9-26)33(46)45-31(27-10-5-2-6-11-27)35(48)44-30(12-7-19-42-36(39)40)34(47)43-23-25-17-20-41-21-18-25/h13-18,20-21,26-27,29-31H,1-12,19,22-23H2,(H3,37,38)(H,43,47)(H,44,48)(H,45,46)(H4,39,40,42)/t29?,30-,31?/m0/s1. The van der Waals surface area contributed by atoms with Crippen LogP contribution in [0.4, 0.5) is 0 Å². The van der Waals surface area contributed by atoms with Crippen LogP contribution in [0.15, 0.2) is 53.8 Å². The normalized spacial score (nSPS) is 17.3. The van der Waals surface area contributed by atoms with E-state index in [1.54, 1.807) is 12.4 Å². The molecule has 0 aliphatic heterocycles. The lowest BCUT2D eigenvalue weighted by atomic mass is 9.76. The molecule has 260 valence electrons. The summed E-state index contributed by atoms with van der Waals surface area (Å²) in [6.07, 6.45) is 14.7. The summed E-state index contributed by atoms with van der Waals surface area (Å²) in [5.41, 5.74) is 19.2. The number of hydrogen-bond donors (Lipinski definition) is 7. The zero-order valence-corrected chi connectivity index (χ0v) is 28.0. The van der Waals surface area contributed by atoms with Crippen LogP contribution in [0.3, 0.4) is 0 Å². The van der Waals surface area contributed by atoms with Crippen LogP contribution in [0.1, 0.15) is 93.7 Å². The Kier molecular flexibility index (Phi) is 14.2. The fraction of sp³-hybridized carbons (Fsp3) is 0.556. The van der Waals surface area contributed by atoms with Gasteiger partial charge in [0, 0.05) is 37.0 Å². The van der Waals surface area contributed by atoms with E-state index in [-0.39, 0.29) is 47.3 Å². The smallest absolute Gasteiger partial charge is 0.243 e. The molecule has 0 saturated heterocycles. The predicted molar refractivity (Wildman–Crippen MR) is 188 cm³/mol. The van der Waals surface area contributed by atoms with Crippen molar-refractivity contribution >= 4 is 29.5 Å². The van der Waals surface area contributed by atoms with Gasteiger partial charge in [0.05, 0.1) is 0 Å². The Bertz CT molecular complexity index is 1370. The van der Waals surface area contributed by atoms with E-state index in [0.717, 1.165) is 68.9 Å². The minimum atomic E-state index is -0.828. The number of aromatic nitrogens is 1. The van der Waals surface area contributed by atoms with Gasteiger partial charge in [0.15, 0.2) is 5.96 Å². The van der Waals surface area contributed by atoms with Crippen LogP contribution in [-0.4, -0.2) is 53.1 Å². The zero-order valence-electron chi connectivity index (χ0n) is 28.0. The number of amides is 3. The van der Waals surface area contributed by atoms with E-state index in [2.05, 4.69) is 25.9 Å². The summed E-state index contributed by atoms with van der Waals surface area (Å²) in [4.78, 5) is 49.9. The summed E-state index contributed by atoms with van der Waals surface area (Å²) >= 11 is 0. The van der Waals surface area contributed by atoms with Crippen molar-refractivity contribution in [3.63, 3.8) is 0 Å². The first-order valence-corrected chi connectivity index (χ1v) is 17.5. The number of rotatable bonds is 16. The maximum Gasteiger partial charge on any atom is 0.243 e. The summed E-state index contributed by atoms with van der Waals surface area (Å²) in [5.74, 6) is -0.899. The van der Waals surface area contributed by atoms with Crippen molar-refractivity contribution in [1.82, 2.24) is 20.9 Å². The molecule has 2 fully saturated rings. The summed E-state index contributed by atoms with van der Waals surface area (Å²) in [7, 11) is 0. The molecular weight excluding hydrogens is 606 g/mol. The molecule has 1 aromatic carbocycles. The number of nitrogens with zero attached hydrogens (tertiary/aromatic N) is 2. The lowest BCUT2D eigenvalue weighted by Gasteiger charge is -2.34. The van der Waals surface area contributed by atoms with Gasteiger partial charge in [0.25, 0.3) is 0 Å². The van der Waals surface area contributed by atoms with E-state index >= 15 is 0 Å². The Morgan fingerprint density at radius 3 is 2.02 bits per heavy atom. The Morgan fingerprint density at radius 1 is 0.792 bits per heavy atom. The van der Waals surface area contributed by atoms with E-state index in [9.17, 15) is 14.4 Å². The van der Waals surface area contributed by atoms with Crippen LogP contribution in [0, 0.1) is 23.2 Å². The van der Waals surface area contributed by atoms with E-state index in [1.165, 1.54) is 6.42 Å². The fourth-order valence-electron chi connectivity index (χ4n) is 7.06. The molecule has 3 atom stereocenters. The number of pyridine rings is 1. The molecule has 2 aromatic rings. The van der Waals surface area contributed by atoms with Crippen molar-refractivity contribution in [2.75, 3.05) is 6.54 Å². The van der Waals surface area contributed by atoms with Crippen molar-refractivity contribution in [3.8, 4) is 0 Å². The van der Waals surface area contributed by atoms with E-state index in [1.807, 2.05) is 36.4 Å². The molecule has 12 heteroatoms. The first-order valence-electron chi connectivity index (χ1n) is 17.5. The number of carbonyl (C=O) groups is 3. The number of benzene rings is 1. The maximum atomic E-state index is 14.3. The lowest BCUT2D eigenvalue weighted by molar-refractivity contribution is -0.135. The number of nitrogen functional groups attached to an aromatic ring is 1. The van der Waals surface area contributed by atoms with Gasteiger partial charge in [0.1, 0.15) is 17.9 Å². The lowest BCUT2D eigenvalue weighted by Crippen LogP contribution is -2.57. The van der Waals surface area contributed by atoms with Crippen LogP contribution in [0.2, 0.25) is 0 Å². The highest BCUT2D eigenvalue weighted by atomic mass is 16.2. The molecule has 4 rings (SSSR count). The Hall–Kier alpha value is -4.48. The molecule has 2 saturated carbocycles. The van der Waals surface area contributed by atoms with Crippen LogP contribution >= 0.6 is 0 Å². The second kappa shape index (κ2) is 18.8. The second-order valence-electron chi connectivity index (χ2n) is 13.3. The molecule has 10 N–H and O–H groups in total. The molecule has 2 aliphatic rings. The van der Waals surface area contributed by atoms with Crippen molar-refractivity contribution in [2.24, 2.45) is 39.9 Å². The SMILES string of the molecule is N=C(N)c1ccc(CC(C(=O)NC(C(=O)N[C@@H](CCCN=C(N)N)C(=O)NCc2ccncc2)C2CCCCC2)C2CCCCC2)cc1. The summed E-state index contributed by atoms with van der Waals surface area (Å²) in [6.45, 7) is 0.618. The topological polar surface area (TPSA) is 214 Å². The van der Waals surface area contributed by atoms with Crippen molar-refractivity contribution < 1.29 is 14.4 Å². The molecule has 48 heavy (non-hydrogen) atoms. The highest BCUT2D eigenvalue weighted by Crippen LogP contribution is 2.33. The molecule has 3 amide bonds. The molecule has 0 bridgehead atoms. The average Bonchev–Trinajstić information content (AvgIpc) is 3.10. The fourth-order valence-corrected chi connectivity index (χ4v) is 7.06. The molecule has 0 spiro atoms. The number of amidine groups is 1. The van der Waals surface area contributed by atoms with Gasteiger partial charge in [-0.25, -0.2) is 0 Å². The van der Waals surface area contributed by atoms with Gasteiger partial charge in [-0.05, 0) is 80.0 Å². The monoisotopic (exact) mass is 659 g/mol. The zero-order chi connectivity index (χ0) is 34.3. The minimum Gasteiger partial charge on any atom is -0.384 e. The van der Waals surface area contributed by atoms with Crippen molar-refractivity contribution in [3.05, 3.63) is 65.5 Å². The summed E-state index contributed by atoms with van der Waals surface area (Å²) in [6, 6.07) is 9.56. The molecule has 2 unspecified atom stereocenters. The Balaban J connectivity index is 1.52. The first-order chi connectivity index (χ1) is 23.2. The maximum absolute atomic E-state index is 14.3. The van der Waals surface area contributed by atoms with Crippen LogP contribution in [0.5, 0.6) is 0 Å². The van der Waals surface area contributed by atoms with Gasteiger partial charge in [-0.3, -0.25) is 29.8 Å². The van der Waals surface area contributed by atoms with Gasteiger partial charge < -0.3 is 33.2 Å². The molecule has 12 nitrogen and oxygen atoms in total. The molecule has 2 aliphatic carbocycles. The van der Waals surface area contributed by atoms with Gasteiger partial charge in [-0.1, -0.05) is 62.8 Å². The van der Waals surface area contributed by atoms with Crippen LogP contribution in [-0.2, 0) is 27.3 Å². The molecule has 0 radical (unpaired) electrons. The summed E-state index contributed by atoms with van der Waals surface area (Å²) < 4.78 is 0. The second-order valence-corrected chi connectivity index (χ2v) is 13.3. The van der Waals surface area contributed by atoms with Gasteiger partial charge >= 0.3 is 0 Å². The number of aliphatic imine (C=N–C) groups is 1. The number of nitrogens with two attached hydrogens (primary N) is 3. The first kappa shape index (κ1) is 36.4. The molecular formula is C36H53N9O3. The Labute approximate surface area is 284 Å². The van der Waals surface area contributed by atoms with Crippen molar-refractivity contribution in [2.45, 2.75) is 102 Å². The predicted octanol–water partition coefficient (Wildman–Crippen LogP) is 3.02. The number of guanidine groups is 1. The van der Waals surface area contributed by atoms with Gasteiger partial charge in [0.2, 0.25) is 17.7 Å². The van der Waals surface area contributed by atoms with Gasteiger partial charge in [-0.2, -0.15) is 0 Å². The van der Waals surface area contributed by atoms with Crippen LogP contribution < -0.4 is 33.2 Å². The quantitative estimate of drug-likeness (QED) is 0.0812. The third-order valence-electron chi connectivity index (χ3n) is 9.77. The van der Waals surface area contributed by atoms with E-state index in [0.29, 0.717) is 37.9 Å². The highest BCUT2D eigenvalue weighted by Gasteiger charge is 2.37. The number of nitrogens with one attached hydrogen (secondary N) is 4. The van der Waals surface area contributed by atoms with Crippen LogP contribution in [0.25, 0.3) is 0 Å². The largest absolute Gasteiger partial charge is 0.384 e. The molecule has 1 heterocycles. The number of hydrogen-bond acceptors (Lipinski definition) is 6. The minimum absolute atomic E-state index is 0.00468. The third kappa shape index (κ3) is 11.3. The average molecular weight is 660 g/mol. The van der Waals surface area contributed by atoms with Crippen molar-refractivity contribution in [1.29, 1.82) is 5.41 Å². The van der Waals surface area contributed by atoms with Gasteiger partial charge in [-0.15, -0.1) is 0 Å². The summed E-state index contributed by atoms with van der Waals surface area (Å²) in [5, 5.41) is 16.9. The Morgan fingerprint density at radius 2 is 1.42 bits per heavy atom. The highest BCUT2D eigenvalue weighted by molar-refractivity contribution is 5.95. The van der Waals surface area contributed by atoms with E-state index in [4.69, 9.17) is 22.6 Å². The molecule has 1 aromatic heterocycles. The number of carbonyl (C=O) groups excluding carboxylic acids is 3.